The van der Waals surface area contributed by atoms with E-state index in [9.17, 15) is 0 Å². The molecule has 0 atom stereocenters. The van der Waals surface area contributed by atoms with Gasteiger partial charge in [0.25, 0.3) is 0 Å². The number of aryl methyl sites for hydroxylation is 2. The van der Waals surface area contributed by atoms with Crippen molar-refractivity contribution in [2.24, 2.45) is 0 Å². The minimum atomic E-state index is 1.09. The first-order chi connectivity index (χ1) is 8.45. The lowest BCUT2D eigenvalue weighted by Crippen LogP contribution is -1.97. The standard InChI is InChI=1S/C12H19N4P/c1(5-15-7-3-13-11-15)9-17-10-2-6-16-8-4-14-12-16/h3-4,7-8,11-12,17H,1-2,5-6,9-10H2. The number of aromatic nitrogens is 4. The number of hydrogen-bond acceptors (Lipinski definition) is 2. The van der Waals surface area contributed by atoms with Crippen molar-refractivity contribution in [2.45, 2.75) is 25.9 Å². The second-order valence-electron chi connectivity index (χ2n) is 4.06. The summed E-state index contributed by atoms with van der Waals surface area (Å²) in [6.45, 7) is 2.21. The van der Waals surface area contributed by atoms with Crippen LogP contribution in [0.4, 0.5) is 0 Å². The molecule has 0 aliphatic carbocycles. The monoisotopic (exact) mass is 250 g/mol. The summed E-state index contributed by atoms with van der Waals surface area (Å²) < 4.78 is 4.30. The van der Waals surface area contributed by atoms with Crippen LogP contribution < -0.4 is 0 Å². The van der Waals surface area contributed by atoms with Gasteiger partial charge in [0.15, 0.2) is 0 Å². The van der Waals surface area contributed by atoms with Crippen LogP contribution in [0.1, 0.15) is 12.8 Å². The molecule has 0 N–H and O–H groups in total. The van der Waals surface area contributed by atoms with E-state index in [1.54, 1.807) is 0 Å². The average Bonchev–Trinajstić information content (AvgIpc) is 3.00. The van der Waals surface area contributed by atoms with Gasteiger partial charge in [0.2, 0.25) is 0 Å². The molecule has 0 unspecified atom stereocenters. The second kappa shape index (κ2) is 7.23. The third-order valence-electron chi connectivity index (χ3n) is 2.66. The van der Waals surface area contributed by atoms with Crippen molar-refractivity contribution in [3.8, 4) is 0 Å². The van der Waals surface area contributed by atoms with Crippen LogP contribution in [-0.2, 0) is 13.1 Å². The molecule has 0 radical (unpaired) electrons. The van der Waals surface area contributed by atoms with E-state index in [0.29, 0.717) is 0 Å². The molecule has 0 aliphatic heterocycles. The lowest BCUT2D eigenvalue weighted by molar-refractivity contribution is 0.674. The van der Waals surface area contributed by atoms with E-state index in [-0.39, 0.29) is 0 Å². The van der Waals surface area contributed by atoms with Gasteiger partial charge in [-0.15, -0.1) is 8.58 Å². The molecule has 2 aromatic rings. The van der Waals surface area contributed by atoms with Gasteiger partial charge >= 0.3 is 0 Å². The summed E-state index contributed by atoms with van der Waals surface area (Å²) in [6, 6.07) is 0. The molecule has 2 rings (SSSR count). The third kappa shape index (κ3) is 4.70. The number of nitrogens with zero attached hydrogens (tertiary/aromatic N) is 4. The quantitative estimate of drug-likeness (QED) is 0.532. The minimum Gasteiger partial charge on any atom is -0.337 e. The highest BCUT2D eigenvalue weighted by Crippen LogP contribution is 2.13. The van der Waals surface area contributed by atoms with Crippen molar-refractivity contribution in [3.63, 3.8) is 0 Å². The van der Waals surface area contributed by atoms with Crippen molar-refractivity contribution >= 4 is 8.58 Å². The first-order valence-corrected chi connectivity index (χ1v) is 7.49. The normalized spacial score (nSPS) is 10.8. The van der Waals surface area contributed by atoms with E-state index in [4.69, 9.17) is 0 Å². The maximum absolute atomic E-state index is 4.04. The van der Waals surface area contributed by atoms with Crippen LogP contribution in [0.2, 0.25) is 0 Å². The highest BCUT2D eigenvalue weighted by atomic mass is 31.1. The minimum absolute atomic E-state index is 1.09. The zero-order valence-corrected chi connectivity index (χ0v) is 11.0. The number of rotatable bonds is 8. The van der Waals surface area contributed by atoms with Crippen molar-refractivity contribution in [3.05, 3.63) is 37.4 Å². The lowest BCUT2D eigenvalue weighted by atomic mass is 10.5. The predicted molar refractivity (Wildman–Crippen MR) is 71.7 cm³/mol. The fourth-order valence-corrected chi connectivity index (χ4v) is 2.80. The fourth-order valence-electron chi connectivity index (χ4n) is 1.74. The number of hydrogen-bond donors (Lipinski definition) is 0. The summed E-state index contributed by atoms with van der Waals surface area (Å²) in [5.41, 5.74) is 0. The molecule has 0 spiro atoms. The third-order valence-corrected chi connectivity index (χ3v) is 4.07. The zero-order valence-electron chi connectivity index (χ0n) is 10.00. The van der Waals surface area contributed by atoms with Gasteiger partial charge in [-0.25, -0.2) is 9.97 Å². The first-order valence-electron chi connectivity index (χ1n) is 6.07. The maximum atomic E-state index is 4.04. The molecule has 4 nitrogen and oxygen atoms in total. The fraction of sp³-hybridized carbons (Fsp3) is 0.500. The first kappa shape index (κ1) is 12.3. The van der Waals surface area contributed by atoms with Gasteiger partial charge < -0.3 is 9.13 Å². The lowest BCUT2D eigenvalue weighted by Gasteiger charge is -2.04. The van der Waals surface area contributed by atoms with E-state index in [0.717, 1.165) is 21.7 Å². The molecule has 92 valence electrons. The van der Waals surface area contributed by atoms with Gasteiger partial charge in [0, 0.05) is 37.9 Å². The summed E-state index contributed by atoms with van der Waals surface area (Å²) in [6.07, 6.45) is 16.7. The Bertz CT molecular complexity index is 344. The SMILES string of the molecule is c1cn(CCCPCCCn2ccnc2)cn1. The molecule has 5 heteroatoms. The highest BCUT2D eigenvalue weighted by Gasteiger charge is 1.93. The van der Waals surface area contributed by atoms with Crippen LogP contribution in [0.5, 0.6) is 0 Å². The Kier molecular flexibility index (Phi) is 5.24. The topological polar surface area (TPSA) is 35.6 Å². The van der Waals surface area contributed by atoms with E-state index >= 15 is 0 Å². The summed E-state index contributed by atoms with van der Waals surface area (Å²) in [7, 11) is 1.09. The van der Waals surface area contributed by atoms with Gasteiger partial charge in [0.05, 0.1) is 12.7 Å². The molecular formula is C12H19N4P. The van der Waals surface area contributed by atoms with Crippen LogP contribution in [-0.4, -0.2) is 31.4 Å². The van der Waals surface area contributed by atoms with Crippen molar-refractivity contribution in [1.29, 1.82) is 0 Å². The van der Waals surface area contributed by atoms with Crippen LogP contribution in [0.25, 0.3) is 0 Å². The summed E-state index contributed by atoms with van der Waals surface area (Å²) in [4.78, 5) is 8.07. The molecule has 0 amide bonds. The molecule has 2 heterocycles. The maximum Gasteiger partial charge on any atom is 0.0945 e. The molecular weight excluding hydrogens is 231 g/mol. The Balaban J connectivity index is 1.44. The van der Waals surface area contributed by atoms with E-state index in [1.165, 1.54) is 25.2 Å². The van der Waals surface area contributed by atoms with Crippen LogP contribution in [0.3, 0.4) is 0 Å². The second-order valence-corrected chi connectivity index (χ2v) is 5.56. The van der Waals surface area contributed by atoms with Gasteiger partial charge in [-0.3, -0.25) is 0 Å². The average molecular weight is 250 g/mol. The largest absolute Gasteiger partial charge is 0.337 e. The van der Waals surface area contributed by atoms with Crippen LogP contribution in [0.15, 0.2) is 37.4 Å². The molecule has 2 aromatic heterocycles. The smallest absolute Gasteiger partial charge is 0.0945 e. The summed E-state index contributed by atoms with van der Waals surface area (Å²) in [5, 5.41) is 0. The van der Waals surface area contributed by atoms with E-state index in [1.807, 2.05) is 37.4 Å². The summed E-state index contributed by atoms with van der Waals surface area (Å²) in [5.74, 6) is 0. The summed E-state index contributed by atoms with van der Waals surface area (Å²) >= 11 is 0. The molecule has 0 fully saturated rings. The zero-order chi connectivity index (χ0) is 11.8. The molecule has 0 bridgehead atoms. The highest BCUT2D eigenvalue weighted by molar-refractivity contribution is 7.37. The van der Waals surface area contributed by atoms with Crippen molar-refractivity contribution in [1.82, 2.24) is 19.1 Å². The van der Waals surface area contributed by atoms with Gasteiger partial charge in [0.1, 0.15) is 0 Å². The van der Waals surface area contributed by atoms with Crippen molar-refractivity contribution < 1.29 is 0 Å². The Morgan fingerprint density at radius 2 is 1.35 bits per heavy atom. The predicted octanol–water partition coefficient (Wildman–Crippen LogP) is 2.24. The van der Waals surface area contributed by atoms with Gasteiger partial charge in [-0.2, -0.15) is 0 Å². The molecule has 0 saturated carbocycles. The molecule has 0 aromatic carbocycles. The van der Waals surface area contributed by atoms with Gasteiger partial charge in [-0.05, 0) is 25.2 Å². The van der Waals surface area contributed by atoms with E-state index < -0.39 is 0 Å². The Labute approximate surface area is 104 Å². The number of imidazole rings is 2. The Morgan fingerprint density at radius 3 is 1.76 bits per heavy atom. The van der Waals surface area contributed by atoms with Crippen LogP contribution in [0, 0.1) is 0 Å². The van der Waals surface area contributed by atoms with Gasteiger partial charge in [-0.1, -0.05) is 0 Å². The van der Waals surface area contributed by atoms with Crippen molar-refractivity contribution in [2.75, 3.05) is 12.3 Å². The Morgan fingerprint density at radius 1 is 0.824 bits per heavy atom. The van der Waals surface area contributed by atoms with E-state index in [2.05, 4.69) is 19.1 Å². The molecule has 0 saturated heterocycles. The molecule has 0 aliphatic rings. The Hall–Kier alpha value is -1.15. The van der Waals surface area contributed by atoms with Crippen LogP contribution >= 0.6 is 8.58 Å². The molecule has 17 heavy (non-hydrogen) atoms.